The Morgan fingerprint density at radius 2 is 2.06 bits per heavy atom. The summed E-state index contributed by atoms with van der Waals surface area (Å²) in [4.78, 5) is 29.4. The maximum atomic E-state index is 11.3. The fraction of sp³-hybridized carbons (Fsp3) is 0.250. The second-order valence-electron chi connectivity index (χ2n) is 2.77. The SMILES string of the molecule is O=C(O)CCC(=O)Nc1ncc(Br)nc1Br. The number of aromatic nitrogens is 2. The number of hydrogen-bond donors (Lipinski definition) is 2. The molecule has 16 heavy (non-hydrogen) atoms. The maximum absolute atomic E-state index is 11.3. The Morgan fingerprint density at radius 3 is 2.62 bits per heavy atom. The van der Waals surface area contributed by atoms with Crippen LogP contribution >= 0.6 is 31.9 Å². The summed E-state index contributed by atoms with van der Waals surface area (Å²) in [5, 5.41) is 10.8. The number of hydrogen-bond acceptors (Lipinski definition) is 4. The van der Waals surface area contributed by atoms with E-state index in [0.717, 1.165) is 0 Å². The topological polar surface area (TPSA) is 92.2 Å². The van der Waals surface area contributed by atoms with Crippen LogP contribution in [-0.4, -0.2) is 27.0 Å². The van der Waals surface area contributed by atoms with Gasteiger partial charge >= 0.3 is 5.97 Å². The summed E-state index contributed by atoms with van der Waals surface area (Å²) >= 11 is 6.24. The second kappa shape index (κ2) is 5.90. The lowest BCUT2D eigenvalue weighted by atomic mass is 10.3. The minimum atomic E-state index is -1.02. The third-order valence-electron chi connectivity index (χ3n) is 1.52. The zero-order valence-corrected chi connectivity index (χ0v) is 11.1. The summed E-state index contributed by atoms with van der Waals surface area (Å²) in [6, 6.07) is 0. The van der Waals surface area contributed by atoms with Crippen molar-refractivity contribution in [2.45, 2.75) is 12.8 Å². The van der Waals surface area contributed by atoms with Crippen LogP contribution in [0.3, 0.4) is 0 Å². The summed E-state index contributed by atoms with van der Waals surface area (Å²) in [7, 11) is 0. The molecule has 0 aliphatic rings. The quantitative estimate of drug-likeness (QED) is 0.862. The molecule has 1 aromatic heterocycles. The average molecular weight is 353 g/mol. The Morgan fingerprint density at radius 1 is 1.38 bits per heavy atom. The predicted molar refractivity (Wildman–Crippen MR) is 62.9 cm³/mol. The molecule has 1 amide bonds. The minimum absolute atomic E-state index is 0.0977. The van der Waals surface area contributed by atoms with Crippen LogP contribution in [0.2, 0.25) is 0 Å². The summed E-state index contributed by atoms with van der Waals surface area (Å²) in [5.41, 5.74) is 0. The van der Waals surface area contributed by atoms with Gasteiger partial charge in [0.25, 0.3) is 0 Å². The molecule has 0 radical (unpaired) electrons. The molecule has 0 spiro atoms. The molecule has 0 saturated heterocycles. The van der Waals surface area contributed by atoms with Crippen LogP contribution in [0.1, 0.15) is 12.8 Å². The third-order valence-corrected chi connectivity index (χ3v) is 2.46. The number of carbonyl (C=O) groups is 2. The molecule has 0 aliphatic carbocycles. The minimum Gasteiger partial charge on any atom is -0.481 e. The molecule has 1 aromatic rings. The first-order valence-electron chi connectivity index (χ1n) is 4.18. The molecule has 0 aliphatic heterocycles. The smallest absolute Gasteiger partial charge is 0.303 e. The lowest BCUT2D eigenvalue weighted by molar-refractivity contribution is -0.138. The summed E-state index contributed by atoms with van der Waals surface area (Å²) in [6.45, 7) is 0. The number of anilines is 1. The van der Waals surface area contributed by atoms with Crippen molar-refractivity contribution < 1.29 is 14.7 Å². The van der Waals surface area contributed by atoms with E-state index in [0.29, 0.717) is 9.21 Å². The fourth-order valence-electron chi connectivity index (χ4n) is 0.846. The zero-order valence-electron chi connectivity index (χ0n) is 7.91. The number of carboxylic acids is 1. The number of carboxylic acid groups (broad SMARTS) is 1. The third kappa shape index (κ3) is 4.23. The van der Waals surface area contributed by atoms with Crippen molar-refractivity contribution in [2.24, 2.45) is 0 Å². The first-order valence-corrected chi connectivity index (χ1v) is 5.77. The number of halogens is 2. The highest BCUT2D eigenvalue weighted by Gasteiger charge is 2.09. The molecule has 2 N–H and O–H groups in total. The van der Waals surface area contributed by atoms with Crippen molar-refractivity contribution in [3.05, 3.63) is 15.4 Å². The first-order chi connectivity index (χ1) is 7.49. The van der Waals surface area contributed by atoms with Gasteiger partial charge in [-0.2, -0.15) is 0 Å². The van der Waals surface area contributed by atoms with Gasteiger partial charge in [-0.25, -0.2) is 9.97 Å². The first kappa shape index (κ1) is 13.0. The highest BCUT2D eigenvalue weighted by atomic mass is 79.9. The number of nitrogens with zero attached hydrogens (tertiary/aromatic N) is 2. The summed E-state index contributed by atoms with van der Waals surface area (Å²) < 4.78 is 0.911. The predicted octanol–water partition coefficient (Wildman–Crippen LogP) is 1.80. The lowest BCUT2D eigenvalue weighted by Crippen LogP contribution is -2.14. The highest BCUT2D eigenvalue weighted by Crippen LogP contribution is 2.19. The van der Waals surface area contributed by atoms with Gasteiger partial charge in [-0.1, -0.05) is 0 Å². The van der Waals surface area contributed by atoms with Crippen molar-refractivity contribution in [1.29, 1.82) is 0 Å². The number of rotatable bonds is 4. The molecule has 0 bridgehead atoms. The molecule has 0 aromatic carbocycles. The Kier molecular flexibility index (Phi) is 4.81. The zero-order chi connectivity index (χ0) is 12.1. The molecule has 0 fully saturated rings. The Hall–Kier alpha value is -1.02. The Bertz CT molecular complexity index is 425. The van der Waals surface area contributed by atoms with Crippen LogP contribution in [0.25, 0.3) is 0 Å². The van der Waals surface area contributed by atoms with Crippen LogP contribution < -0.4 is 5.32 Å². The van der Waals surface area contributed by atoms with Gasteiger partial charge in [0.1, 0.15) is 9.21 Å². The van der Waals surface area contributed by atoms with Gasteiger partial charge in [0, 0.05) is 6.42 Å². The molecular formula is C8H7Br2N3O3. The molecule has 0 unspecified atom stereocenters. The number of carbonyl (C=O) groups excluding carboxylic acids is 1. The van der Waals surface area contributed by atoms with Gasteiger partial charge in [-0.15, -0.1) is 0 Å². The van der Waals surface area contributed by atoms with Crippen LogP contribution in [0.5, 0.6) is 0 Å². The molecule has 0 atom stereocenters. The molecular weight excluding hydrogens is 346 g/mol. The normalized spacial score (nSPS) is 9.88. The van der Waals surface area contributed by atoms with Gasteiger partial charge < -0.3 is 10.4 Å². The Balaban J connectivity index is 2.59. The molecule has 8 heteroatoms. The van der Waals surface area contributed by atoms with E-state index in [4.69, 9.17) is 5.11 Å². The number of aliphatic carboxylic acids is 1. The van der Waals surface area contributed by atoms with E-state index in [9.17, 15) is 9.59 Å². The van der Waals surface area contributed by atoms with Gasteiger partial charge in [0.15, 0.2) is 5.82 Å². The average Bonchev–Trinajstić information content (AvgIpc) is 2.19. The van der Waals surface area contributed by atoms with Crippen LogP contribution in [0.4, 0.5) is 5.82 Å². The van der Waals surface area contributed by atoms with Crippen molar-refractivity contribution in [3.63, 3.8) is 0 Å². The van der Waals surface area contributed by atoms with Gasteiger partial charge in [0.2, 0.25) is 5.91 Å². The molecule has 1 rings (SSSR count). The molecule has 86 valence electrons. The standard InChI is InChI=1S/C8H7Br2N3O3/c9-4-3-11-8(7(10)12-4)13-5(14)1-2-6(15)16/h3H,1-2H2,(H,15,16)(H,11,13,14). The van der Waals surface area contributed by atoms with Gasteiger partial charge in [0.05, 0.1) is 12.6 Å². The summed E-state index contributed by atoms with van der Waals surface area (Å²) in [6.07, 6.45) is 1.12. The largest absolute Gasteiger partial charge is 0.481 e. The van der Waals surface area contributed by atoms with Crippen molar-refractivity contribution in [2.75, 3.05) is 5.32 Å². The molecule has 6 nitrogen and oxygen atoms in total. The highest BCUT2D eigenvalue weighted by molar-refractivity contribution is 9.11. The van der Waals surface area contributed by atoms with Gasteiger partial charge in [-0.05, 0) is 31.9 Å². The Labute approximate surface area is 108 Å². The van der Waals surface area contributed by atoms with Crippen molar-refractivity contribution in [3.8, 4) is 0 Å². The van der Waals surface area contributed by atoms with Crippen LogP contribution in [-0.2, 0) is 9.59 Å². The second-order valence-corrected chi connectivity index (χ2v) is 4.34. The van der Waals surface area contributed by atoms with E-state index < -0.39 is 11.9 Å². The fourth-order valence-corrected chi connectivity index (χ4v) is 1.76. The van der Waals surface area contributed by atoms with Crippen molar-refractivity contribution in [1.82, 2.24) is 9.97 Å². The number of nitrogens with one attached hydrogen (secondary N) is 1. The van der Waals surface area contributed by atoms with E-state index >= 15 is 0 Å². The molecule has 1 heterocycles. The lowest BCUT2D eigenvalue weighted by Gasteiger charge is -2.04. The van der Waals surface area contributed by atoms with E-state index in [1.165, 1.54) is 6.20 Å². The van der Waals surface area contributed by atoms with Crippen LogP contribution in [0, 0.1) is 0 Å². The van der Waals surface area contributed by atoms with Gasteiger partial charge in [-0.3, -0.25) is 9.59 Å². The van der Waals surface area contributed by atoms with E-state index in [1.54, 1.807) is 0 Å². The van der Waals surface area contributed by atoms with Crippen molar-refractivity contribution >= 4 is 49.6 Å². The summed E-state index contributed by atoms with van der Waals surface area (Å²) in [5.74, 6) is -1.17. The van der Waals surface area contributed by atoms with Crippen LogP contribution in [0.15, 0.2) is 15.4 Å². The van der Waals surface area contributed by atoms with E-state index in [-0.39, 0.29) is 18.7 Å². The van der Waals surface area contributed by atoms with E-state index in [2.05, 4.69) is 47.1 Å². The maximum Gasteiger partial charge on any atom is 0.303 e. The molecule has 0 saturated carbocycles. The monoisotopic (exact) mass is 351 g/mol. The van der Waals surface area contributed by atoms with E-state index in [1.807, 2.05) is 0 Å². The number of amides is 1.